The van der Waals surface area contributed by atoms with Crippen molar-refractivity contribution in [3.63, 3.8) is 0 Å². The van der Waals surface area contributed by atoms with E-state index < -0.39 is 0 Å². The molecule has 0 aromatic carbocycles. The van der Waals surface area contributed by atoms with Gasteiger partial charge in [0.2, 0.25) is 5.91 Å². The molecule has 0 bridgehead atoms. The van der Waals surface area contributed by atoms with Crippen LogP contribution in [0.3, 0.4) is 0 Å². The van der Waals surface area contributed by atoms with Gasteiger partial charge in [0.25, 0.3) is 0 Å². The Balaban J connectivity index is 1.51. The van der Waals surface area contributed by atoms with Crippen LogP contribution in [0.2, 0.25) is 0 Å². The number of carbonyl (C=O) groups is 1. The number of hydrogen-bond acceptors (Lipinski definition) is 6. The van der Waals surface area contributed by atoms with Gasteiger partial charge in [0.05, 0.1) is 18.1 Å². The molecule has 138 valence electrons. The average molecular weight is 381 g/mol. The number of nitrogens with zero attached hydrogens (tertiary/aromatic N) is 6. The van der Waals surface area contributed by atoms with Crippen LogP contribution in [0, 0.1) is 6.92 Å². The Kier molecular flexibility index (Phi) is 4.68. The molecule has 4 aromatic rings. The van der Waals surface area contributed by atoms with Crippen molar-refractivity contribution in [2.45, 2.75) is 33.4 Å². The first-order valence-corrected chi connectivity index (χ1v) is 9.57. The van der Waals surface area contributed by atoms with Crippen LogP contribution in [0.25, 0.3) is 21.5 Å². The number of amides is 1. The molecule has 0 saturated heterocycles. The van der Waals surface area contributed by atoms with Crippen molar-refractivity contribution in [2.75, 3.05) is 5.32 Å². The monoisotopic (exact) mass is 381 g/mol. The van der Waals surface area contributed by atoms with Crippen LogP contribution in [0.15, 0.2) is 36.4 Å². The van der Waals surface area contributed by atoms with E-state index in [4.69, 9.17) is 0 Å². The van der Waals surface area contributed by atoms with Gasteiger partial charge in [0, 0.05) is 29.3 Å². The van der Waals surface area contributed by atoms with Crippen LogP contribution in [-0.2, 0) is 17.9 Å². The number of aromatic nitrogens is 6. The summed E-state index contributed by atoms with van der Waals surface area (Å²) in [4.78, 5) is 22.0. The average Bonchev–Trinajstić information content (AvgIpc) is 3.38. The summed E-state index contributed by atoms with van der Waals surface area (Å²) in [5.41, 5.74) is 2.63. The smallest absolute Gasteiger partial charge is 0.247 e. The standard InChI is InChI=1S/C18H19N7OS/c1-3-5-25-17(12(2)7-22-25)23-15(26)10-24-9-13(8-21-24)16-14-4-6-27-18(14)20-11-19-16/h4,6-9,11H,3,5,10H2,1-2H3,(H,23,26). The van der Waals surface area contributed by atoms with E-state index in [1.807, 2.05) is 29.2 Å². The molecule has 4 rings (SSSR count). The molecule has 0 fully saturated rings. The molecule has 0 aliphatic rings. The Bertz CT molecular complexity index is 1090. The fourth-order valence-corrected chi connectivity index (χ4v) is 3.67. The Morgan fingerprint density at radius 2 is 2.15 bits per heavy atom. The summed E-state index contributed by atoms with van der Waals surface area (Å²) < 4.78 is 3.43. The third kappa shape index (κ3) is 3.45. The topological polar surface area (TPSA) is 90.5 Å². The van der Waals surface area contributed by atoms with Gasteiger partial charge in [-0.15, -0.1) is 11.3 Å². The number of anilines is 1. The van der Waals surface area contributed by atoms with Crippen LogP contribution in [0.1, 0.15) is 18.9 Å². The second-order valence-corrected chi connectivity index (χ2v) is 7.13. The number of thiophene rings is 1. The molecule has 0 radical (unpaired) electrons. The highest BCUT2D eigenvalue weighted by Crippen LogP contribution is 2.27. The van der Waals surface area contributed by atoms with Crippen molar-refractivity contribution in [1.29, 1.82) is 0 Å². The quantitative estimate of drug-likeness (QED) is 0.554. The van der Waals surface area contributed by atoms with Crippen LogP contribution >= 0.6 is 11.3 Å². The summed E-state index contributed by atoms with van der Waals surface area (Å²) in [7, 11) is 0. The lowest BCUT2D eigenvalue weighted by atomic mass is 10.2. The lowest BCUT2D eigenvalue weighted by molar-refractivity contribution is -0.117. The fraction of sp³-hybridized carbons (Fsp3) is 0.278. The maximum absolute atomic E-state index is 12.5. The van der Waals surface area contributed by atoms with E-state index in [0.717, 1.165) is 45.8 Å². The predicted molar refractivity (Wildman–Crippen MR) is 105 cm³/mol. The van der Waals surface area contributed by atoms with Crippen molar-refractivity contribution < 1.29 is 4.79 Å². The maximum atomic E-state index is 12.5. The minimum atomic E-state index is -0.144. The SMILES string of the molecule is CCCn1ncc(C)c1NC(=O)Cn1cc(-c2ncnc3sccc23)cn1. The first kappa shape index (κ1) is 17.3. The zero-order valence-electron chi connectivity index (χ0n) is 15.1. The van der Waals surface area contributed by atoms with E-state index in [1.54, 1.807) is 34.7 Å². The Hall–Kier alpha value is -3.07. The minimum absolute atomic E-state index is 0.120. The fourth-order valence-electron chi connectivity index (χ4n) is 2.93. The molecule has 0 aliphatic heterocycles. The Morgan fingerprint density at radius 1 is 1.26 bits per heavy atom. The molecule has 0 saturated carbocycles. The number of rotatable bonds is 6. The van der Waals surface area contributed by atoms with E-state index in [2.05, 4.69) is 32.4 Å². The van der Waals surface area contributed by atoms with Gasteiger partial charge in [-0.05, 0) is 24.8 Å². The third-order valence-electron chi connectivity index (χ3n) is 4.19. The molecule has 1 amide bonds. The number of aryl methyl sites for hydroxylation is 2. The molecule has 0 aliphatic carbocycles. The molecule has 4 aromatic heterocycles. The second-order valence-electron chi connectivity index (χ2n) is 6.24. The number of nitrogens with one attached hydrogen (secondary N) is 1. The molecule has 8 nitrogen and oxygen atoms in total. The van der Waals surface area contributed by atoms with Crippen molar-refractivity contribution in [1.82, 2.24) is 29.5 Å². The maximum Gasteiger partial charge on any atom is 0.247 e. The normalized spacial score (nSPS) is 11.2. The summed E-state index contributed by atoms with van der Waals surface area (Å²) >= 11 is 1.57. The van der Waals surface area contributed by atoms with Crippen molar-refractivity contribution in [3.05, 3.63) is 41.9 Å². The van der Waals surface area contributed by atoms with E-state index in [9.17, 15) is 4.79 Å². The lowest BCUT2D eigenvalue weighted by Crippen LogP contribution is -2.21. The Labute approximate surface area is 159 Å². The highest BCUT2D eigenvalue weighted by molar-refractivity contribution is 7.16. The first-order chi connectivity index (χ1) is 13.2. The van der Waals surface area contributed by atoms with Gasteiger partial charge >= 0.3 is 0 Å². The summed E-state index contributed by atoms with van der Waals surface area (Å²) in [6, 6.07) is 2.00. The van der Waals surface area contributed by atoms with Crippen LogP contribution in [0.4, 0.5) is 5.82 Å². The van der Waals surface area contributed by atoms with Crippen molar-refractivity contribution in [2.24, 2.45) is 0 Å². The largest absolute Gasteiger partial charge is 0.309 e. The van der Waals surface area contributed by atoms with Gasteiger partial charge in [-0.25, -0.2) is 14.6 Å². The van der Waals surface area contributed by atoms with Crippen molar-refractivity contribution in [3.8, 4) is 11.3 Å². The number of hydrogen-bond donors (Lipinski definition) is 1. The summed E-state index contributed by atoms with van der Waals surface area (Å²) in [6.07, 6.45) is 7.81. The number of carbonyl (C=O) groups excluding carboxylic acids is 1. The van der Waals surface area contributed by atoms with E-state index in [0.29, 0.717) is 0 Å². The first-order valence-electron chi connectivity index (χ1n) is 8.69. The highest BCUT2D eigenvalue weighted by atomic mass is 32.1. The van der Waals surface area contributed by atoms with E-state index >= 15 is 0 Å². The van der Waals surface area contributed by atoms with Crippen molar-refractivity contribution >= 4 is 33.3 Å². The molecule has 9 heteroatoms. The summed E-state index contributed by atoms with van der Waals surface area (Å²) in [5, 5.41) is 14.5. The molecule has 27 heavy (non-hydrogen) atoms. The third-order valence-corrected chi connectivity index (χ3v) is 5.01. The number of fused-ring (bicyclic) bond motifs is 1. The van der Waals surface area contributed by atoms with Gasteiger partial charge in [-0.2, -0.15) is 10.2 Å². The van der Waals surface area contributed by atoms with Crippen LogP contribution in [0.5, 0.6) is 0 Å². The molecule has 4 heterocycles. The Morgan fingerprint density at radius 3 is 3.00 bits per heavy atom. The van der Waals surface area contributed by atoms with Gasteiger partial charge < -0.3 is 5.32 Å². The second kappa shape index (κ2) is 7.28. The zero-order valence-corrected chi connectivity index (χ0v) is 15.9. The molecule has 1 N–H and O–H groups in total. The molecule has 0 spiro atoms. The van der Waals surface area contributed by atoms with Gasteiger partial charge in [-0.1, -0.05) is 6.92 Å². The lowest BCUT2D eigenvalue weighted by Gasteiger charge is -2.09. The highest BCUT2D eigenvalue weighted by Gasteiger charge is 2.13. The van der Waals surface area contributed by atoms with Gasteiger partial charge in [0.15, 0.2) is 0 Å². The van der Waals surface area contributed by atoms with Crippen LogP contribution < -0.4 is 5.32 Å². The zero-order chi connectivity index (χ0) is 18.8. The van der Waals surface area contributed by atoms with E-state index in [1.165, 1.54) is 0 Å². The molecular weight excluding hydrogens is 362 g/mol. The van der Waals surface area contributed by atoms with E-state index in [-0.39, 0.29) is 12.5 Å². The van der Waals surface area contributed by atoms with Gasteiger partial charge in [-0.3, -0.25) is 9.48 Å². The molecule has 0 atom stereocenters. The predicted octanol–water partition coefficient (Wildman–Crippen LogP) is 3.11. The molecule has 0 unspecified atom stereocenters. The minimum Gasteiger partial charge on any atom is -0.309 e. The van der Waals surface area contributed by atoms with Crippen LogP contribution in [-0.4, -0.2) is 35.4 Å². The molecular formula is C18H19N7OS. The summed E-state index contributed by atoms with van der Waals surface area (Å²) in [6.45, 7) is 4.89. The van der Waals surface area contributed by atoms with Gasteiger partial charge in [0.1, 0.15) is 23.5 Å². The summed E-state index contributed by atoms with van der Waals surface area (Å²) in [5.74, 6) is 0.596.